The van der Waals surface area contributed by atoms with Gasteiger partial charge in [0.25, 0.3) is 0 Å². The zero-order valence-corrected chi connectivity index (χ0v) is 19.2. The summed E-state index contributed by atoms with van der Waals surface area (Å²) in [5, 5.41) is 9.83. The molecule has 33 heavy (non-hydrogen) atoms. The van der Waals surface area contributed by atoms with E-state index < -0.39 is 12.0 Å². The van der Waals surface area contributed by atoms with Gasteiger partial charge in [0.1, 0.15) is 6.04 Å². The topological polar surface area (TPSA) is 73.7 Å². The van der Waals surface area contributed by atoms with E-state index in [1.165, 1.54) is 29.8 Å². The second-order valence-corrected chi connectivity index (χ2v) is 9.78. The summed E-state index contributed by atoms with van der Waals surface area (Å²) in [7, 11) is 0. The molecule has 3 aliphatic rings. The van der Waals surface area contributed by atoms with E-state index in [0.29, 0.717) is 19.0 Å². The Labute approximate surface area is 195 Å². The molecular weight excluding hydrogens is 414 g/mol. The molecule has 0 spiro atoms. The van der Waals surface area contributed by atoms with Crippen LogP contribution < -0.4 is 0 Å². The number of carbonyl (C=O) groups is 2. The van der Waals surface area contributed by atoms with Gasteiger partial charge < -0.3 is 10.0 Å². The van der Waals surface area contributed by atoms with Gasteiger partial charge in [-0.3, -0.25) is 19.5 Å². The van der Waals surface area contributed by atoms with Crippen molar-refractivity contribution in [1.29, 1.82) is 0 Å². The molecular formula is C27H33N3O3. The predicted molar refractivity (Wildman–Crippen MR) is 126 cm³/mol. The first-order valence-corrected chi connectivity index (χ1v) is 12.4. The number of carboxylic acid groups (broad SMARTS) is 1. The Bertz CT molecular complexity index is 1000. The van der Waals surface area contributed by atoms with Crippen molar-refractivity contribution in [3.05, 3.63) is 65.0 Å². The standard InChI is InChI=1S/C27H33N3O3/c31-26(22-14-17-30(18-22)25(27(32)33)21-7-2-1-3-8-21)29-15-12-20(13-16-29)24-11-10-19-6-4-5-9-23(19)28-24/h1-3,7-8,10-11,20,22,25H,4-6,9,12-18H2,(H,32,33)/t22-,25-/m1/s1. The summed E-state index contributed by atoms with van der Waals surface area (Å²) < 4.78 is 0. The van der Waals surface area contributed by atoms with Crippen molar-refractivity contribution >= 4 is 11.9 Å². The quantitative estimate of drug-likeness (QED) is 0.754. The van der Waals surface area contributed by atoms with Crippen LogP contribution in [0.4, 0.5) is 0 Å². The smallest absolute Gasteiger partial charge is 0.325 e. The van der Waals surface area contributed by atoms with Crippen LogP contribution in [-0.2, 0) is 22.4 Å². The zero-order chi connectivity index (χ0) is 22.8. The third kappa shape index (κ3) is 4.67. The summed E-state index contributed by atoms with van der Waals surface area (Å²) in [5.74, 6) is -0.357. The minimum Gasteiger partial charge on any atom is -0.480 e. The van der Waals surface area contributed by atoms with Crippen LogP contribution in [0.1, 0.15) is 66.6 Å². The van der Waals surface area contributed by atoms with Crippen LogP contribution in [0.2, 0.25) is 0 Å². The lowest BCUT2D eigenvalue weighted by Gasteiger charge is -2.34. The first-order valence-electron chi connectivity index (χ1n) is 12.4. The molecule has 0 saturated carbocycles. The van der Waals surface area contributed by atoms with Crippen molar-refractivity contribution < 1.29 is 14.7 Å². The molecule has 0 bridgehead atoms. The number of benzene rings is 1. The normalized spacial score (nSPS) is 22.7. The van der Waals surface area contributed by atoms with E-state index in [4.69, 9.17) is 4.98 Å². The second kappa shape index (κ2) is 9.64. The van der Waals surface area contributed by atoms with Crippen molar-refractivity contribution in [2.45, 2.75) is 56.9 Å². The summed E-state index contributed by atoms with van der Waals surface area (Å²) in [6.45, 7) is 2.67. The Hall–Kier alpha value is -2.73. The number of hydrogen-bond acceptors (Lipinski definition) is 4. The van der Waals surface area contributed by atoms with Gasteiger partial charge in [0, 0.05) is 43.5 Å². The monoisotopic (exact) mass is 447 g/mol. The zero-order valence-electron chi connectivity index (χ0n) is 19.2. The van der Waals surface area contributed by atoms with Gasteiger partial charge in [-0.2, -0.15) is 0 Å². The van der Waals surface area contributed by atoms with Crippen LogP contribution in [0.25, 0.3) is 0 Å². The largest absolute Gasteiger partial charge is 0.480 e. The first-order chi connectivity index (χ1) is 16.1. The van der Waals surface area contributed by atoms with Crippen LogP contribution >= 0.6 is 0 Å². The first kappa shape index (κ1) is 22.1. The lowest BCUT2D eigenvalue weighted by Crippen LogP contribution is -2.42. The van der Waals surface area contributed by atoms with E-state index in [1.54, 1.807) is 0 Å². The van der Waals surface area contributed by atoms with Gasteiger partial charge in [-0.1, -0.05) is 36.4 Å². The number of amides is 1. The lowest BCUT2D eigenvalue weighted by molar-refractivity contribution is -0.144. The molecule has 1 amide bonds. The van der Waals surface area contributed by atoms with Crippen molar-refractivity contribution in [1.82, 2.24) is 14.8 Å². The van der Waals surface area contributed by atoms with E-state index >= 15 is 0 Å². The predicted octanol–water partition coefficient (Wildman–Crippen LogP) is 3.81. The van der Waals surface area contributed by atoms with Crippen LogP contribution in [0.15, 0.2) is 42.5 Å². The number of pyridine rings is 1. The number of fused-ring (bicyclic) bond motifs is 1. The van der Waals surface area contributed by atoms with Gasteiger partial charge in [0.2, 0.25) is 5.91 Å². The maximum atomic E-state index is 13.2. The summed E-state index contributed by atoms with van der Waals surface area (Å²) in [5.41, 5.74) is 4.67. The van der Waals surface area contributed by atoms with E-state index in [1.807, 2.05) is 40.1 Å². The highest BCUT2D eigenvalue weighted by molar-refractivity contribution is 5.80. The molecule has 2 fully saturated rings. The maximum absolute atomic E-state index is 13.2. The van der Waals surface area contributed by atoms with Crippen LogP contribution in [0, 0.1) is 5.92 Å². The molecule has 0 radical (unpaired) electrons. The van der Waals surface area contributed by atoms with Gasteiger partial charge in [0.05, 0.1) is 5.92 Å². The highest BCUT2D eigenvalue weighted by atomic mass is 16.4. The van der Waals surface area contributed by atoms with E-state index in [-0.39, 0.29) is 11.8 Å². The number of rotatable bonds is 5. The Morgan fingerprint density at radius 1 is 0.939 bits per heavy atom. The number of aliphatic carboxylic acids is 1. The molecule has 2 aromatic rings. The third-order valence-electron chi connectivity index (χ3n) is 7.71. The molecule has 6 heteroatoms. The molecule has 174 valence electrons. The number of aryl methyl sites for hydroxylation is 2. The fourth-order valence-corrected chi connectivity index (χ4v) is 5.85. The van der Waals surface area contributed by atoms with Gasteiger partial charge in [-0.15, -0.1) is 0 Å². The molecule has 2 saturated heterocycles. The average Bonchev–Trinajstić information content (AvgIpc) is 3.33. The fraction of sp³-hybridized carbons (Fsp3) is 0.519. The number of hydrogen-bond donors (Lipinski definition) is 1. The van der Waals surface area contributed by atoms with E-state index in [9.17, 15) is 14.7 Å². The summed E-state index contributed by atoms with van der Waals surface area (Å²) >= 11 is 0. The molecule has 1 aromatic carbocycles. The van der Waals surface area contributed by atoms with Gasteiger partial charge in [0.15, 0.2) is 0 Å². The van der Waals surface area contributed by atoms with Crippen molar-refractivity contribution in [3.63, 3.8) is 0 Å². The van der Waals surface area contributed by atoms with Crippen molar-refractivity contribution in [2.24, 2.45) is 5.92 Å². The minimum atomic E-state index is -0.854. The number of piperidine rings is 1. The van der Waals surface area contributed by atoms with Crippen LogP contribution in [0.5, 0.6) is 0 Å². The van der Waals surface area contributed by atoms with E-state index in [2.05, 4.69) is 12.1 Å². The maximum Gasteiger partial charge on any atom is 0.325 e. The summed E-state index contributed by atoms with van der Waals surface area (Å²) in [6, 6.07) is 13.1. The number of aromatic nitrogens is 1. The second-order valence-electron chi connectivity index (χ2n) is 9.78. The van der Waals surface area contributed by atoms with Gasteiger partial charge >= 0.3 is 5.97 Å². The Balaban J connectivity index is 1.18. The Morgan fingerprint density at radius 2 is 1.70 bits per heavy atom. The molecule has 1 aliphatic carbocycles. The lowest BCUT2D eigenvalue weighted by atomic mass is 9.90. The number of carboxylic acids is 1. The van der Waals surface area contributed by atoms with Gasteiger partial charge in [-0.25, -0.2) is 0 Å². The number of carbonyl (C=O) groups excluding carboxylic acids is 1. The summed E-state index contributed by atoms with van der Waals surface area (Å²) in [6.07, 6.45) is 7.39. The third-order valence-corrected chi connectivity index (χ3v) is 7.71. The summed E-state index contributed by atoms with van der Waals surface area (Å²) in [4.78, 5) is 34.2. The fourth-order valence-electron chi connectivity index (χ4n) is 5.85. The highest BCUT2D eigenvalue weighted by Crippen LogP contribution is 2.32. The van der Waals surface area contributed by atoms with Crippen molar-refractivity contribution in [3.8, 4) is 0 Å². The molecule has 2 aliphatic heterocycles. The Kier molecular flexibility index (Phi) is 6.45. The minimum absolute atomic E-state index is 0.117. The van der Waals surface area contributed by atoms with Crippen molar-refractivity contribution in [2.75, 3.05) is 26.2 Å². The van der Waals surface area contributed by atoms with Crippen LogP contribution in [-0.4, -0.2) is 57.9 Å². The molecule has 0 unspecified atom stereocenters. The van der Waals surface area contributed by atoms with Crippen LogP contribution in [0.3, 0.4) is 0 Å². The molecule has 3 heterocycles. The number of likely N-dealkylation sites (tertiary alicyclic amines) is 2. The van der Waals surface area contributed by atoms with Gasteiger partial charge in [-0.05, 0) is 62.1 Å². The van der Waals surface area contributed by atoms with E-state index in [0.717, 1.165) is 50.8 Å². The Morgan fingerprint density at radius 3 is 2.45 bits per heavy atom. The number of nitrogens with zero attached hydrogens (tertiary/aromatic N) is 3. The molecule has 6 nitrogen and oxygen atoms in total. The molecule has 5 rings (SSSR count). The molecule has 1 aromatic heterocycles. The average molecular weight is 448 g/mol. The highest BCUT2D eigenvalue weighted by Gasteiger charge is 2.38. The molecule has 2 atom stereocenters. The molecule has 1 N–H and O–H groups in total. The SMILES string of the molecule is O=C(O)[C@@H](c1ccccc1)N1CC[C@@H](C(=O)N2CCC(c3ccc4c(n3)CCCC4)CC2)C1.